The molecule has 0 unspecified atom stereocenters. The first-order valence-corrected chi connectivity index (χ1v) is 18.4. The number of aryl methyl sites for hydroxylation is 1. The van der Waals surface area contributed by atoms with Gasteiger partial charge < -0.3 is 15.7 Å². The molecule has 4 aromatic rings. The number of sulfone groups is 1. The van der Waals surface area contributed by atoms with E-state index in [2.05, 4.69) is 17.6 Å². The molecule has 4 aromatic carbocycles. The molecule has 4 rings (SSSR count). The van der Waals surface area contributed by atoms with Crippen LogP contribution in [0.1, 0.15) is 99.5 Å². The van der Waals surface area contributed by atoms with E-state index in [-0.39, 0.29) is 38.9 Å². The first-order chi connectivity index (χ1) is 22.7. The minimum Gasteiger partial charge on any atom is -0.506 e. The monoisotopic (exact) mass is 656 g/mol. The van der Waals surface area contributed by atoms with Crippen molar-refractivity contribution in [1.29, 1.82) is 0 Å². The average molecular weight is 657 g/mol. The Morgan fingerprint density at radius 3 is 1.98 bits per heavy atom. The lowest BCUT2D eigenvalue weighted by Gasteiger charge is -2.15. The van der Waals surface area contributed by atoms with Gasteiger partial charge in [0.1, 0.15) is 5.75 Å². The van der Waals surface area contributed by atoms with Gasteiger partial charge in [-0.1, -0.05) is 119 Å². The van der Waals surface area contributed by atoms with E-state index in [4.69, 9.17) is 0 Å². The number of amides is 2. The van der Waals surface area contributed by atoms with E-state index in [1.54, 1.807) is 42.5 Å². The molecule has 250 valence electrons. The van der Waals surface area contributed by atoms with Gasteiger partial charge in [0.2, 0.25) is 15.7 Å². The summed E-state index contributed by atoms with van der Waals surface area (Å²) in [5, 5.41) is 17.3. The fourth-order valence-corrected chi connectivity index (χ4v) is 7.45. The summed E-state index contributed by atoms with van der Waals surface area (Å²) in [5.74, 6) is -1.06. The Balaban J connectivity index is 1.43. The van der Waals surface area contributed by atoms with Crippen LogP contribution in [0.4, 0.5) is 5.69 Å². The SMILES string of the molecule is CCCCCCCCCCCCc1ccc(S(=O)(=O)c2cc(C(=O)NCCc3ccccc3NC(C)=O)c(O)c3ccccc23)cc1. The van der Waals surface area contributed by atoms with Crippen LogP contribution in [-0.2, 0) is 27.5 Å². The molecule has 0 aromatic heterocycles. The molecule has 0 bridgehead atoms. The van der Waals surface area contributed by atoms with Gasteiger partial charge in [-0.05, 0) is 54.7 Å². The van der Waals surface area contributed by atoms with Gasteiger partial charge in [-0.15, -0.1) is 0 Å². The molecule has 0 fully saturated rings. The lowest BCUT2D eigenvalue weighted by atomic mass is 10.0. The van der Waals surface area contributed by atoms with Gasteiger partial charge in [0.05, 0.1) is 15.4 Å². The highest BCUT2D eigenvalue weighted by atomic mass is 32.2. The maximum absolute atomic E-state index is 14.0. The third-order valence-electron chi connectivity index (χ3n) is 8.57. The maximum atomic E-state index is 14.0. The summed E-state index contributed by atoms with van der Waals surface area (Å²) in [6.45, 7) is 3.88. The predicted molar refractivity (Wildman–Crippen MR) is 190 cm³/mol. The second kappa shape index (κ2) is 17.7. The van der Waals surface area contributed by atoms with Gasteiger partial charge in [0.15, 0.2) is 0 Å². The van der Waals surface area contributed by atoms with Gasteiger partial charge in [-0.25, -0.2) is 8.42 Å². The van der Waals surface area contributed by atoms with Crippen LogP contribution < -0.4 is 10.6 Å². The molecule has 0 aliphatic carbocycles. The van der Waals surface area contributed by atoms with Crippen molar-refractivity contribution < 1.29 is 23.1 Å². The van der Waals surface area contributed by atoms with E-state index < -0.39 is 15.7 Å². The molecule has 7 nitrogen and oxygen atoms in total. The highest BCUT2D eigenvalue weighted by Crippen LogP contribution is 2.36. The van der Waals surface area contributed by atoms with Crippen LogP contribution in [0.3, 0.4) is 0 Å². The van der Waals surface area contributed by atoms with Crippen molar-refractivity contribution in [2.45, 2.75) is 101 Å². The van der Waals surface area contributed by atoms with Crippen molar-refractivity contribution >= 4 is 38.1 Å². The predicted octanol–water partition coefficient (Wildman–Crippen LogP) is 8.77. The molecular weight excluding hydrogens is 609 g/mol. The third kappa shape index (κ3) is 9.91. The van der Waals surface area contributed by atoms with Crippen LogP contribution in [0.2, 0.25) is 0 Å². The van der Waals surface area contributed by atoms with Crippen LogP contribution in [0.5, 0.6) is 5.75 Å². The minimum absolute atomic E-state index is 0.0329. The number of hydrogen-bond acceptors (Lipinski definition) is 5. The standard InChI is InChI=1S/C39H48N2O5S/c1-3-4-5-6-7-8-9-10-11-12-17-30-22-24-32(25-23-30)47(45,46)37-28-35(38(43)34-20-15-14-19-33(34)37)39(44)40-27-26-31-18-13-16-21-36(31)41-29(2)42/h13-16,18-25,28,43H,3-12,17,26-27H2,1-2H3,(H,40,44)(H,41,42). The number of carbonyl (C=O) groups is 2. The second-order valence-corrected chi connectivity index (χ2v) is 14.2. The van der Waals surface area contributed by atoms with E-state index >= 15 is 0 Å². The fraction of sp³-hybridized carbons (Fsp3) is 0.385. The summed E-state index contributed by atoms with van der Waals surface area (Å²) < 4.78 is 27.9. The van der Waals surface area contributed by atoms with Gasteiger partial charge in [0.25, 0.3) is 5.91 Å². The summed E-state index contributed by atoms with van der Waals surface area (Å²) in [4.78, 5) is 25.0. The van der Waals surface area contributed by atoms with Crippen molar-refractivity contribution in [3.63, 3.8) is 0 Å². The lowest BCUT2D eigenvalue weighted by molar-refractivity contribution is -0.114. The van der Waals surface area contributed by atoms with Crippen molar-refractivity contribution in [1.82, 2.24) is 5.32 Å². The zero-order valence-electron chi connectivity index (χ0n) is 27.7. The van der Waals surface area contributed by atoms with E-state index in [1.165, 1.54) is 70.8 Å². The molecule has 0 saturated carbocycles. The van der Waals surface area contributed by atoms with Crippen molar-refractivity contribution in [2.75, 3.05) is 11.9 Å². The smallest absolute Gasteiger partial charge is 0.255 e. The molecule has 0 aliphatic rings. The number of rotatable bonds is 18. The molecule has 8 heteroatoms. The summed E-state index contributed by atoms with van der Waals surface area (Å²) in [7, 11) is -4.01. The molecule has 0 radical (unpaired) electrons. The number of phenols is 1. The fourth-order valence-electron chi connectivity index (χ4n) is 5.96. The highest BCUT2D eigenvalue weighted by molar-refractivity contribution is 7.91. The summed E-state index contributed by atoms with van der Waals surface area (Å²) >= 11 is 0. The number of aromatic hydroxyl groups is 1. The Bertz CT molecular complexity index is 1750. The zero-order chi connectivity index (χ0) is 33.6. The number of nitrogens with one attached hydrogen (secondary N) is 2. The van der Waals surface area contributed by atoms with Crippen LogP contribution >= 0.6 is 0 Å². The second-order valence-electron chi connectivity index (χ2n) is 12.2. The van der Waals surface area contributed by atoms with Crippen molar-refractivity contribution in [3.05, 3.63) is 95.6 Å². The molecular formula is C39H48N2O5S. The molecule has 0 atom stereocenters. The zero-order valence-corrected chi connectivity index (χ0v) is 28.5. The van der Waals surface area contributed by atoms with Gasteiger partial charge >= 0.3 is 0 Å². The molecule has 0 aliphatic heterocycles. The summed E-state index contributed by atoms with van der Waals surface area (Å²) in [6, 6.07) is 22.2. The van der Waals surface area contributed by atoms with Crippen LogP contribution in [-0.4, -0.2) is 31.9 Å². The Hall–Kier alpha value is -4.17. The lowest BCUT2D eigenvalue weighted by Crippen LogP contribution is -2.26. The molecule has 3 N–H and O–H groups in total. The first-order valence-electron chi connectivity index (χ1n) is 16.9. The van der Waals surface area contributed by atoms with Crippen LogP contribution in [0.25, 0.3) is 10.8 Å². The van der Waals surface area contributed by atoms with Gasteiger partial charge in [-0.3, -0.25) is 9.59 Å². The quantitative estimate of drug-likeness (QED) is 0.0927. The Labute approximate surface area is 279 Å². The van der Waals surface area contributed by atoms with E-state index in [9.17, 15) is 23.1 Å². The number of phenolic OH excluding ortho intramolecular Hbond substituents is 1. The summed E-state index contributed by atoms with van der Waals surface area (Å²) in [5.41, 5.74) is 2.48. The number of carbonyl (C=O) groups excluding carboxylic acids is 2. The topological polar surface area (TPSA) is 113 Å². The molecule has 0 heterocycles. The third-order valence-corrected chi connectivity index (χ3v) is 10.4. The Kier molecular flexibility index (Phi) is 13.4. The van der Waals surface area contributed by atoms with Crippen molar-refractivity contribution in [2.24, 2.45) is 0 Å². The molecule has 0 spiro atoms. The number of fused-ring (bicyclic) bond motifs is 1. The largest absolute Gasteiger partial charge is 0.506 e. The van der Waals surface area contributed by atoms with E-state index in [1.807, 2.05) is 30.3 Å². The average Bonchev–Trinajstić information content (AvgIpc) is 3.06. The van der Waals surface area contributed by atoms with Crippen LogP contribution in [0, 0.1) is 0 Å². The summed E-state index contributed by atoms with van der Waals surface area (Å²) in [6.07, 6.45) is 14.0. The normalized spacial score (nSPS) is 11.4. The van der Waals surface area contributed by atoms with Gasteiger partial charge in [-0.2, -0.15) is 0 Å². The Morgan fingerprint density at radius 2 is 1.32 bits per heavy atom. The molecule has 0 saturated heterocycles. The molecule has 47 heavy (non-hydrogen) atoms. The van der Waals surface area contributed by atoms with Crippen LogP contribution in [0.15, 0.2) is 88.7 Å². The number of hydrogen-bond donors (Lipinski definition) is 3. The maximum Gasteiger partial charge on any atom is 0.255 e. The minimum atomic E-state index is -4.01. The number of anilines is 1. The van der Waals surface area contributed by atoms with Crippen molar-refractivity contribution in [3.8, 4) is 5.75 Å². The molecule has 2 amide bonds. The van der Waals surface area contributed by atoms with E-state index in [0.717, 1.165) is 24.0 Å². The number of benzene rings is 4. The number of unbranched alkanes of at least 4 members (excludes halogenated alkanes) is 9. The van der Waals surface area contributed by atoms with E-state index in [0.29, 0.717) is 17.5 Å². The Morgan fingerprint density at radius 1 is 0.723 bits per heavy atom. The van der Waals surface area contributed by atoms with Gasteiger partial charge in [0, 0.05) is 29.9 Å². The highest BCUT2D eigenvalue weighted by Gasteiger charge is 2.25. The number of para-hydroxylation sites is 1. The first kappa shape index (κ1) is 35.7.